The minimum atomic E-state index is -0.549. The Morgan fingerprint density at radius 3 is 2.80 bits per heavy atom. The van der Waals surface area contributed by atoms with E-state index in [-0.39, 0.29) is 17.3 Å². The van der Waals surface area contributed by atoms with Crippen LogP contribution in [0.15, 0.2) is 22.8 Å². The number of methoxy groups -OCH3 is 1. The first kappa shape index (κ1) is 13.8. The van der Waals surface area contributed by atoms with Crippen molar-refractivity contribution in [3.63, 3.8) is 0 Å². The van der Waals surface area contributed by atoms with Crippen molar-refractivity contribution in [3.8, 4) is 5.75 Å². The van der Waals surface area contributed by atoms with Gasteiger partial charge >= 0.3 is 0 Å². The molecule has 1 atom stereocenters. The number of benzene rings is 1. The second-order valence-electron chi connectivity index (χ2n) is 4.09. The standard InChI is InChI=1S/C12H13FN4O3/c1-6(7-3-4-9(19-2)8(13)5-7)15-12(18)10-11(14)17-20-16-10/h3-6H,1-2H3,(H2,14,17)(H,15,18). The maximum atomic E-state index is 13.6. The highest BCUT2D eigenvalue weighted by Gasteiger charge is 2.19. The monoisotopic (exact) mass is 280 g/mol. The van der Waals surface area contributed by atoms with E-state index in [0.29, 0.717) is 5.56 Å². The molecule has 2 aromatic rings. The number of nitrogen functional groups attached to an aromatic ring is 1. The number of anilines is 1. The number of nitrogens with two attached hydrogens (primary N) is 1. The van der Waals surface area contributed by atoms with E-state index in [1.165, 1.54) is 19.2 Å². The molecule has 1 unspecified atom stereocenters. The Kier molecular flexibility index (Phi) is 3.83. The van der Waals surface area contributed by atoms with Gasteiger partial charge in [0.1, 0.15) is 0 Å². The van der Waals surface area contributed by atoms with Crippen LogP contribution in [-0.4, -0.2) is 23.3 Å². The molecule has 0 saturated carbocycles. The smallest absolute Gasteiger partial charge is 0.277 e. The van der Waals surface area contributed by atoms with Gasteiger partial charge in [-0.1, -0.05) is 6.07 Å². The van der Waals surface area contributed by atoms with Crippen LogP contribution in [0.2, 0.25) is 0 Å². The van der Waals surface area contributed by atoms with Crippen LogP contribution in [0.1, 0.15) is 29.0 Å². The van der Waals surface area contributed by atoms with Crippen molar-refractivity contribution >= 4 is 11.7 Å². The van der Waals surface area contributed by atoms with Gasteiger partial charge in [0.15, 0.2) is 11.6 Å². The van der Waals surface area contributed by atoms with Crippen molar-refractivity contribution in [2.24, 2.45) is 0 Å². The maximum absolute atomic E-state index is 13.6. The minimum absolute atomic E-state index is 0.101. The van der Waals surface area contributed by atoms with Crippen molar-refractivity contribution in [2.45, 2.75) is 13.0 Å². The van der Waals surface area contributed by atoms with Crippen LogP contribution in [0.25, 0.3) is 0 Å². The summed E-state index contributed by atoms with van der Waals surface area (Å²) in [7, 11) is 1.38. The van der Waals surface area contributed by atoms with Gasteiger partial charge in [-0.05, 0) is 34.9 Å². The number of amides is 1. The molecule has 0 saturated heterocycles. The molecule has 1 aromatic carbocycles. The van der Waals surface area contributed by atoms with Crippen LogP contribution < -0.4 is 15.8 Å². The summed E-state index contributed by atoms with van der Waals surface area (Å²) in [6, 6.07) is 3.98. The highest BCUT2D eigenvalue weighted by Crippen LogP contribution is 2.22. The molecule has 0 fully saturated rings. The molecule has 0 radical (unpaired) electrons. The van der Waals surface area contributed by atoms with E-state index < -0.39 is 17.8 Å². The zero-order chi connectivity index (χ0) is 14.7. The van der Waals surface area contributed by atoms with Crippen LogP contribution in [0.5, 0.6) is 5.75 Å². The SMILES string of the molecule is COc1ccc(C(C)NC(=O)c2nonc2N)cc1F. The average Bonchev–Trinajstić information content (AvgIpc) is 2.84. The van der Waals surface area contributed by atoms with Crippen molar-refractivity contribution in [1.29, 1.82) is 0 Å². The summed E-state index contributed by atoms with van der Waals surface area (Å²) >= 11 is 0. The van der Waals surface area contributed by atoms with E-state index in [1.807, 2.05) is 0 Å². The lowest BCUT2D eigenvalue weighted by molar-refractivity contribution is 0.0930. The lowest BCUT2D eigenvalue weighted by atomic mass is 10.1. The number of ether oxygens (including phenoxy) is 1. The van der Waals surface area contributed by atoms with Gasteiger partial charge in [0.25, 0.3) is 5.91 Å². The Morgan fingerprint density at radius 2 is 2.25 bits per heavy atom. The Hall–Kier alpha value is -2.64. The third-order valence-electron chi connectivity index (χ3n) is 2.75. The Bertz CT molecular complexity index is 629. The number of carbonyl (C=O) groups is 1. The maximum Gasteiger partial charge on any atom is 0.277 e. The van der Waals surface area contributed by atoms with E-state index in [4.69, 9.17) is 10.5 Å². The molecule has 3 N–H and O–H groups in total. The molecule has 1 aromatic heterocycles. The summed E-state index contributed by atoms with van der Waals surface area (Å²) in [6.07, 6.45) is 0. The highest BCUT2D eigenvalue weighted by atomic mass is 19.1. The molecule has 106 valence electrons. The normalized spacial score (nSPS) is 11.9. The van der Waals surface area contributed by atoms with E-state index in [2.05, 4.69) is 20.3 Å². The van der Waals surface area contributed by atoms with Crippen LogP contribution in [-0.2, 0) is 0 Å². The molecular formula is C12H13FN4O3. The molecule has 0 aliphatic carbocycles. The summed E-state index contributed by atoms with van der Waals surface area (Å²) in [6.45, 7) is 1.70. The summed E-state index contributed by atoms with van der Waals surface area (Å²) in [5, 5.41) is 9.31. The lowest BCUT2D eigenvalue weighted by Crippen LogP contribution is -2.27. The Morgan fingerprint density at radius 1 is 1.50 bits per heavy atom. The van der Waals surface area contributed by atoms with Gasteiger partial charge < -0.3 is 15.8 Å². The summed E-state index contributed by atoms with van der Waals surface area (Å²) in [4.78, 5) is 11.8. The van der Waals surface area contributed by atoms with Crippen LogP contribution in [0.3, 0.4) is 0 Å². The van der Waals surface area contributed by atoms with Gasteiger partial charge in [0, 0.05) is 0 Å². The molecule has 1 amide bonds. The van der Waals surface area contributed by atoms with Crippen molar-refractivity contribution in [1.82, 2.24) is 15.6 Å². The zero-order valence-electron chi connectivity index (χ0n) is 10.9. The number of nitrogens with one attached hydrogen (secondary N) is 1. The lowest BCUT2D eigenvalue weighted by Gasteiger charge is -2.14. The van der Waals surface area contributed by atoms with Gasteiger partial charge in [-0.25, -0.2) is 9.02 Å². The van der Waals surface area contributed by atoms with E-state index in [0.717, 1.165) is 0 Å². The summed E-state index contributed by atoms with van der Waals surface area (Å²) < 4.78 is 22.8. The third-order valence-corrected chi connectivity index (χ3v) is 2.75. The second kappa shape index (κ2) is 5.55. The molecule has 8 heteroatoms. The van der Waals surface area contributed by atoms with Crippen LogP contribution in [0, 0.1) is 5.82 Å². The number of halogens is 1. The molecule has 2 rings (SSSR count). The molecule has 20 heavy (non-hydrogen) atoms. The molecule has 0 aliphatic heterocycles. The predicted molar refractivity (Wildman–Crippen MR) is 67.5 cm³/mol. The van der Waals surface area contributed by atoms with Crippen LogP contribution in [0.4, 0.5) is 10.2 Å². The van der Waals surface area contributed by atoms with Gasteiger partial charge in [-0.2, -0.15) is 0 Å². The summed E-state index contributed by atoms with van der Waals surface area (Å²) in [5.41, 5.74) is 5.88. The van der Waals surface area contributed by atoms with Gasteiger partial charge in [-0.15, -0.1) is 0 Å². The quantitative estimate of drug-likeness (QED) is 0.874. The van der Waals surface area contributed by atoms with Crippen LogP contribution >= 0.6 is 0 Å². The van der Waals surface area contributed by atoms with Crippen molar-refractivity contribution in [2.75, 3.05) is 12.8 Å². The number of aromatic nitrogens is 2. The number of carbonyl (C=O) groups excluding carboxylic acids is 1. The minimum Gasteiger partial charge on any atom is -0.494 e. The first-order valence-electron chi connectivity index (χ1n) is 5.75. The van der Waals surface area contributed by atoms with E-state index >= 15 is 0 Å². The second-order valence-corrected chi connectivity index (χ2v) is 4.09. The van der Waals surface area contributed by atoms with Gasteiger partial charge in [0.2, 0.25) is 11.5 Å². The van der Waals surface area contributed by atoms with Crippen molar-refractivity contribution in [3.05, 3.63) is 35.3 Å². The summed E-state index contributed by atoms with van der Waals surface area (Å²) in [5.74, 6) is -1.02. The van der Waals surface area contributed by atoms with E-state index in [1.54, 1.807) is 13.0 Å². The van der Waals surface area contributed by atoms with Gasteiger partial charge in [-0.3, -0.25) is 4.79 Å². The van der Waals surface area contributed by atoms with Gasteiger partial charge in [0.05, 0.1) is 13.2 Å². The zero-order valence-corrected chi connectivity index (χ0v) is 10.9. The molecule has 0 spiro atoms. The number of rotatable bonds is 4. The molecule has 7 nitrogen and oxygen atoms in total. The average molecular weight is 280 g/mol. The Balaban J connectivity index is 2.12. The first-order chi connectivity index (χ1) is 9.52. The third kappa shape index (κ3) is 2.68. The fourth-order valence-electron chi connectivity index (χ4n) is 1.65. The number of hydrogen-bond donors (Lipinski definition) is 2. The number of hydrogen-bond acceptors (Lipinski definition) is 6. The Labute approximate surface area is 113 Å². The largest absolute Gasteiger partial charge is 0.494 e. The molecule has 1 heterocycles. The number of nitrogens with zero attached hydrogens (tertiary/aromatic N) is 2. The molecular weight excluding hydrogens is 267 g/mol. The van der Waals surface area contributed by atoms with E-state index in [9.17, 15) is 9.18 Å². The fraction of sp³-hybridized carbons (Fsp3) is 0.250. The topological polar surface area (TPSA) is 103 Å². The fourth-order valence-corrected chi connectivity index (χ4v) is 1.65. The predicted octanol–water partition coefficient (Wildman–Crippen LogP) is 1.29. The van der Waals surface area contributed by atoms with Crippen molar-refractivity contribution < 1.29 is 18.6 Å². The first-order valence-corrected chi connectivity index (χ1v) is 5.75. The highest BCUT2D eigenvalue weighted by molar-refractivity contribution is 5.96. The molecule has 0 aliphatic rings. The molecule has 0 bridgehead atoms.